The number of amides is 1. The van der Waals surface area contributed by atoms with Crippen LogP contribution in [0.1, 0.15) is 32.1 Å². The van der Waals surface area contributed by atoms with Gasteiger partial charge in [-0.05, 0) is 19.3 Å². The summed E-state index contributed by atoms with van der Waals surface area (Å²) in [5.41, 5.74) is 0. The van der Waals surface area contributed by atoms with E-state index in [0.29, 0.717) is 6.42 Å². The average Bonchev–Trinajstić information content (AvgIpc) is 3.08. The number of aliphatic carboxylic acids is 1. The smallest absolute Gasteiger partial charge is 0.307 e. The Morgan fingerprint density at radius 2 is 1.82 bits per heavy atom. The van der Waals surface area contributed by atoms with Crippen molar-refractivity contribution < 1.29 is 19.8 Å². The second-order valence-electron chi connectivity index (χ2n) is 5.16. The molecule has 0 aromatic rings. The van der Waals surface area contributed by atoms with Gasteiger partial charge in [0.2, 0.25) is 5.91 Å². The molecule has 2 N–H and O–H groups in total. The van der Waals surface area contributed by atoms with Crippen molar-refractivity contribution in [1.82, 2.24) is 4.90 Å². The molecular formula is C12H19NO4. The fourth-order valence-electron chi connectivity index (χ4n) is 2.71. The molecule has 2 fully saturated rings. The van der Waals surface area contributed by atoms with E-state index >= 15 is 0 Å². The van der Waals surface area contributed by atoms with Crippen molar-refractivity contribution in [2.24, 2.45) is 11.8 Å². The first-order valence-corrected chi connectivity index (χ1v) is 6.20. The second-order valence-corrected chi connectivity index (χ2v) is 5.16. The summed E-state index contributed by atoms with van der Waals surface area (Å²) in [7, 11) is 1.68. The van der Waals surface area contributed by atoms with Crippen molar-refractivity contribution in [3.63, 3.8) is 0 Å². The third kappa shape index (κ3) is 2.44. The Morgan fingerprint density at radius 1 is 1.18 bits per heavy atom. The Bertz CT molecular complexity index is 330. The molecule has 2 aliphatic rings. The molecule has 0 aromatic carbocycles. The molecule has 5 heteroatoms. The number of hydrogen-bond acceptors (Lipinski definition) is 3. The zero-order chi connectivity index (χ0) is 12.6. The summed E-state index contributed by atoms with van der Waals surface area (Å²) in [6, 6.07) is -0.133. The number of aliphatic hydroxyl groups excluding tert-OH is 1. The van der Waals surface area contributed by atoms with Crippen LogP contribution in [0.4, 0.5) is 0 Å². The third-order valence-corrected chi connectivity index (χ3v) is 3.96. The Hall–Kier alpha value is -1.10. The molecule has 0 radical (unpaired) electrons. The first kappa shape index (κ1) is 12.4. The molecule has 0 spiro atoms. The summed E-state index contributed by atoms with van der Waals surface area (Å²) in [4.78, 5) is 24.3. The van der Waals surface area contributed by atoms with Crippen LogP contribution >= 0.6 is 0 Å². The molecule has 0 heterocycles. The molecule has 2 saturated carbocycles. The van der Waals surface area contributed by atoms with Gasteiger partial charge in [0.05, 0.1) is 24.0 Å². The molecule has 5 nitrogen and oxygen atoms in total. The van der Waals surface area contributed by atoms with Gasteiger partial charge in [0, 0.05) is 7.05 Å². The number of carboxylic acid groups (broad SMARTS) is 1. The van der Waals surface area contributed by atoms with Crippen LogP contribution in [-0.4, -0.2) is 46.2 Å². The van der Waals surface area contributed by atoms with Gasteiger partial charge in [0.15, 0.2) is 0 Å². The van der Waals surface area contributed by atoms with Crippen molar-refractivity contribution >= 4 is 11.9 Å². The molecule has 4 atom stereocenters. The molecule has 0 saturated heterocycles. The van der Waals surface area contributed by atoms with Crippen LogP contribution < -0.4 is 0 Å². The number of likely N-dealkylation sites (N-methyl/N-ethyl adjacent to an activating group) is 1. The van der Waals surface area contributed by atoms with E-state index in [1.165, 1.54) is 0 Å². The van der Waals surface area contributed by atoms with E-state index in [9.17, 15) is 14.7 Å². The maximum atomic E-state index is 12.0. The predicted molar refractivity (Wildman–Crippen MR) is 60.3 cm³/mol. The summed E-state index contributed by atoms with van der Waals surface area (Å²) < 4.78 is 0. The van der Waals surface area contributed by atoms with E-state index < -0.39 is 18.0 Å². The molecule has 1 amide bonds. The van der Waals surface area contributed by atoms with E-state index in [1.54, 1.807) is 11.9 Å². The van der Waals surface area contributed by atoms with E-state index in [0.717, 1.165) is 25.7 Å². The molecule has 17 heavy (non-hydrogen) atoms. The average molecular weight is 241 g/mol. The van der Waals surface area contributed by atoms with Crippen LogP contribution in [0.5, 0.6) is 0 Å². The largest absolute Gasteiger partial charge is 0.481 e. The number of carboxylic acids is 1. The lowest BCUT2D eigenvalue weighted by Gasteiger charge is -2.35. The summed E-state index contributed by atoms with van der Waals surface area (Å²) in [5.74, 6) is -1.89. The van der Waals surface area contributed by atoms with Crippen molar-refractivity contribution in [1.29, 1.82) is 0 Å². The minimum absolute atomic E-state index is 0.122. The zero-order valence-corrected chi connectivity index (χ0v) is 10.0. The Kier molecular flexibility index (Phi) is 3.38. The fraction of sp³-hybridized carbons (Fsp3) is 0.833. The van der Waals surface area contributed by atoms with Gasteiger partial charge in [-0.15, -0.1) is 0 Å². The highest BCUT2D eigenvalue weighted by Gasteiger charge is 2.50. The Labute approximate surface area is 100 Å². The zero-order valence-electron chi connectivity index (χ0n) is 10.0. The SMILES string of the molecule is CN(C(=O)C1CC1C(=O)O)C1CCCCC1O. The standard InChI is InChI=1S/C12H19NO4/c1-13(9-4-2-3-5-10(9)14)11(15)7-6-8(7)12(16)17/h7-10,14H,2-6H2,1H3,(H,16,17). The topological polar surface area (TPSA) is 77.8 Å². The molecular weight excluding hydrogens is 222 g/mol. The van der Waals surface area contributed by atoms with Crippen molar-refractivity contribution in [3.05, 3.63) is 0 Å². The van der Waals surface area contributed by atoms with Gasteiger partial charge in [-0.2, -0.15) is 0 Å². The number of carbonyl (C=O) groups is 2. The highest BCUT2D eigenvalue weighted by atomic mass is 16.4. The van der Waals surface area contributed by atoms with Crippen LogP contribution in [0.25, 0.3) is 0 Å². The van der Waals surface area contributed by atoms with Gasteiger partial charge in [-0.25, -0.2) is 0 Å². The van der Waals surface area contributed by atoms with Crippen LogP contribution in [0.15, 0.2) is 0 Å². The normalized spacial score (nSPS) is 36.4. The van der Waals surface area contributed by atoms with Gasteiger partial charge in [0.1, 0.15) is 0 Å². The van der Waals surface area contributed by atoms with Crippen molar-refractivity contribution in [3.8, 4) is 0 Å². The van der Waals surface area contributed by atoms with Crippen LogP contribution in [0, 0.1) is 11.8 Å². The van der Waals surface area contributed by atoms with Crippen molar-refractivity contribution in [2.75, 3.05) is 7.05 Å². The lowest BCUT2D eigenvalue weighted by atomic mass is 9.91. The monoisotopic (exact) mass is 241 g/mol. The number of aliphatic hydroxyl groups is 1. The first-order chi connectivity index (χ1) is 8.02. The Morgan fingerprint density at radius 3 is 2.35 bits per heavy atom. The molecule has 2 rings (SSSR count). The summed E-state index contributed by atoms with van der Waals surface area (Å²) >= 11 is 0. The van der Waals surface area contributed by atoms with E-state index in [-0.39, 0.29) is 17.9 Å². The Balaban J connectivity index is 1.93. The molecule has 0 aliphatic heterocycles. The number of hydrogen-bond donors (Lipinski definition) is 2. The molecule has 0 bridgehead atoms. The lowest BCUT2D eigenvalue weighted by molar-refractivity contribution is -0.143. The second kappa shape index (κ2) is 4.64. The van der Waals surface area contributed by atoms with Crippen LogP contribution in [0.3, 0.4) is 0 Å². The predicted octanol–water partition coefficient (Wildman–Crippen LogP) is 0.469. The minimum atomic E-state index is -0.888. The van der Waals surface area contributed by atoms with Gasteiger partial charge in [-0.3, -0.25) is 9.59 Å². The van der Waals surface area contributed by atoms with Gasteiger partial charge >= 0.3 is 5.97 Å². The number of rotatable bonds is 3. The van der Waals surface area contributed by atoms with E-state index in [4.69, 9.17) is 5.11 Å². The highest BCUT2D eigenvalue weighted by Crippen LogP contribution is 2.40. The molecule has 0 aromatic heterocycles. The third-order valence-electron chi connectivity index (χ3n) is 3.96. The van der Waals surface area contributed by atoms with Gasteiger partial charge < -0.3 is 15.1 Å². The van der Waals surface area contributed by atoms with Crippen molar-refractivity contribution in [2.45, 2.75) is 44.2 Å². The summed E-state index contributed by atoms with van der Waals surface area (Å²) in [6.07, 6.45) is 3.55. The lowest BCUT2D eigenvalue weighted by Crippen LogP contribution is -2.47. The maximum Gasteiger partial charge on any atom is 0.307 e. The first-order valence-electron chi connectivity index (χ1n) is 6.20. The molecule has 96 valence electrons. The van der Waals surface area contributed by atoms with Crippen LogP contribution in [0.2, 0.25) is 0 Å². The number of carbonyl (C=O) groups excluding carboxylic acids is 1. The summed E-state index contributed by atoms with van der Waals surface area (Å²) in [5, 5.41) is 18.7. The highest BCUT2D eigenvalue weighted by molar-refractivity contribution is 5.89. The maximum absolute atomic E-state index is 12.0. The molecule has 4 unspecified atom stereocenters. The molecule has 2 aliphatic carbocycles. The fourth-order valence-corrected chi connectivity index (χ4v) is 2.71. The van der Waals surface area contributed by atoms with E-state index in [2.05, 4.69) is 0 Å². The van der Waals surface area contributed by atoms with Crippen LogP contribution in [-0.2, 0) is 9.59 Å². The minimum Gasteiger partial charge on any atom is -0.481 e. The van der Waals surface area contributed by atoms with Gasteiger partial charge in [0.25, 0.3) is 0 Å². The quantitative estimate of drug-likeness (QED) is 0.753. The number of nitrogens with zero attached hydrogens (tertiary/aromatic N) is 1. The van der Waals surface area contributed by atoms with Gasteiger partial charge in [-0.1, -0.05) is 12.8 Å². The van der Waals surface area contributed by atoms with E-state index in [1.807, 2.05) is 0 Å². The summed E-state index contributed by atoms with van der Waals surface area (Å²) in [6.45, 7) is 0.